The molecule has 0 spiro atoms. The number of amides is 2. The number of aromatic nitrogens is 2. The van der Waals surface area contributed by atoms with Gasteiger partial charge in [-0.1, -0.05) is 30.7 Å². The lowest BCUT2D eigenvalue weighted by Crippen LogP contribution is -2.32. The number of hydrogen-bond acceptors (Lipinski definition) is 4. The minimum absolute atomic E-state index is 0.0755. The highest BCUT2D eigenvalue weighted by molar-refractivity contribution is 7.09. The van der Waals surface area contributed by atoms with E-state index in [0.717, 1.165) is 30.0 Å². The number of carbonyl (C=O) groups excluding carboxylic acids is 2. The molecule has 0 radical (unpaired) electrons. The molecule has 1 N–H and O–H groups in total. The molecule has 8 heteroatoms. The van der Waals surface area contributed by atoms with Crippen LogP contribution in [0.15, 0.2) is 48.0 Å². The molecule has 2 heterocycles. The molecule has 0 bridgehead atoms. The van der Waals surface area contributed by atoms with E-state index in [-0.39, 0.29) is 11.8 Å². The first-order chi connectivity index (χ1) is 15.0. The minimum Gasteiger partial charge on any atom is -0.348 e. The standard InChI is InChI=1S/C23H25ClN4O2S/c1-2-11-28(23(30)18-7-3-4-8-19(18)24)13-17-6-5-12-27(17)14-21-26-20(15-31-21)22(29)25-16-9-10-16/h3-8,12,15-16H,2,9-11,13-14H2,1H3,(H,25,29). The summed E-state index contributed by atoms with van der Waals surface area (Å²) in [5, 5.41) is 6.10. The first kappa shape index (κ1) is 21.6. The molecular weight excluding hydrogens is 432 g/mol. The molecule has 3 aromatic rings. The van der Waals surface area contributed by atoms with Crippen molar-refractivity contribution in [2.24, 2.45) is 0 Å². The second-order valence-corrected chi connectivity index (χ2v) is 9.06. The molecule has 1 aliphatic rings. The molecule has 1 aromatic carbocycles. The van der Waals surface area contributed by atoms with Gasteiger partial charge in [0.2, 0.25) is 0 Å². The third-order valence-electron chi connectivity index (χ3n) is 5.16. The zero-order valence-electron chi connectivity index (χ0n) is 17.4. The average Bonchev–Trinajstić information content (AvgIpc) is 3.27. The van der Waals surface area contributed by atoms with Crippen molar-refractivity contribution >= 4 is 34.8 Å². The molecule has 162 valence electrons. The Balaban J connectivity index is 1.46. The van der Waals surface area contributed by atoms with Crippen LogP contribution in [0, 0.1) is 0 Å². The summed E-state index contributed by atoms with van der Waals surface area (Å²) in [5.41, 5.74) is 2.00. The van der Waals surface area contributed by atoms with Crippen LogP contribution in [0.5, 0.6) is 0 Å². The van der Waals surface area contributed by atoms with Gasteiger partial charge in [0, 0.05) is 29.9 Å². The number of rotatable bonds is 9. The van der Waals surface area contributed by atoms with Crippen molar-refractivity contribution in [1.29, 1.82) is 0 Å². The molecule has 1 saturated carbocycles. The Bertz CT molecular complexity index is 1070. The second kappa shape index (κ2) is 9.66. The van der Waals surface area contributed by atoms with Crippen LogP contribution in [0.3, 0.4) is 0 Å². The van der Waals surface area contributed by atoms with E-state index in [4.69, 9.17) is 11.6 Å². The molecule has 0 saturated heterocycles. The van der Waals surface area contributed by atoms with E-state index in [0.29, 0.717) is 42.0 Å². The zero-order valence-corrected chi connectivity index (χ0v) is 19.0. The topological polar surface area (TPSA) is 67.2 Å². The molecule has 4 rings (SSSR count). The summed E-state index contributed by atoms with van der Waals surface area (Å²) < 4.78 is 2.07. The van der Waals surface area contributed by atoms with Crippen molar-refractivity contribution in [3.05, 3.63) is 75.0 Å². The summed E-state index contributed by atoms with van der Waals surface area (Å²) >= 11 is 7.73. The van der Waals surface area contributed by atoms with Crippen LogP contribution in [0.4, 0.5) is 0 Å². The van der Waals surface area contributed by atoms with Gasteiger partial charge in [-0.25, -0.2) is 4.98 Å². The van der Waals surface area contributed by atoms with Crippen LogP contribution in [-0.4, -0.2) is 38.9 Å². The maximum absolute atomic E-state index is 13.1. The smallest absolute Gasteiger partial charge is 0.270 e. The first-order valence-electron chi connectivity index (χ1n) is 10.5. The fraction of sp³-hybridized carbons (Fsp3) is 0.348. The van der Waals surface area contributed by atoms with Gasteiger partial charge in [-0.2, -0.15) is 0 Å². The quantitative estimate of drug-likeness (QED) is 0.512. The van der Waals surface area contributed by atoms with Crippen molar-refractivity contribution in [2.45, 2.75) is 45.3 Å². The third kappa shape index (κ3) is 5.35. The van der Waals surface area contributed by atoms with Gasteiger partial charge in [0.15, 0.2) is 0 Å². The minimum atomic E-state index is -0.0998. The summed E-state index contributed by atoms with van der Waals surface area (Å²) in [6.45, 7) is 3.73. The van der Waals surface area contributed by atoms with E-state index in [1.807, 2.05) is 35.4 Å². The molecule has 1 aliphatic carbocycles. The largest absolute Gasteiger partial charge is 0.348 e. The lowest BCUT2D eigenvalue weighted by molar-refractivity contribution is 0.0739. The van der Waals surface area contributed by atoms with Gasteiger partial charge < -0.3 is 14.8 Å². The molecule has 1 fully saturated rings. The Morgan fingerprint density at radius 3 is 2.81 bits per heavy atom. The predicted octanol–water partition coefficient (Wildman–Crippen LogP) is 4.59. The molecular formula is C23H25ClN4O2S. The average molecular weight is 457 g/mol. The van der Waals surface area contributed by atoms with Crippen LogP contribution < -0.4 is 5.32 Å². The Hall–Kier alpha value is -2.64. The van der Waals surface area contributed by atoms with Gasteiger partial charge in [-0.15, -0.1) is 11.3 Å². The van der Waals surface area contributed by atoms with Crippen LogP contribution in [0.1, 0.15) is 57.7 Å². The Morgan fingerprint density at radius 1 is 1.26 bits per heavy atom. The highest BCUT2D eigenvalue weighted by atomic mass is 35.5. The van der Waals surface area contributed by atoms with Crippen molar-refractivity contribution in [3.63, 3.8) is 0 Å². The fourth-order valence-electron chi connectivity index (χ4n) is 3.39. The van der Waals surface area contributed by atoms with Crippen LogP contribution in [0.2, 0.25) is 5.02 Å². The summed E-state index contributed by atoms with van der Waals surface area (Å²) in [7, 11) is 0. The van der Waals surface area contributed by atoms with Gasteiger partial charge in [-0.3, -0.25) is 9.59 Å². The van der Waals surface area contributed by atoms with Crippen LogP contribution in [-0.2, 0) is 13.1 Å². The lowest BCUT2D eigenvalue weighted by Gasteiger charge is -2.23. The monoisotopic (exact) mass is 456 g/mol. The number of benzene rings is 1. The molecule has 6 nitrogen and oxygen atoms in total. The van der Waals surface area contributed by atoms with Gasteiger partial charge in [0.05, 0.1) is 23.7 Å². The summed E-state index contributed by atoms with van der Waals surface area (Å²) in [4.78, 5) is 31.6. The maximum atomic E-state index is 13.1. The van der Waals surface area contributed by atoms with Gasteiger partial charge in [-0.05, 0) is 43.5 Å². The molecule has 31 heavy (non-hydrogen) atoms. The fourth-order valence-corrected chi connectivity index (χ4v) is 4.38. The van der Waals surface area contributed by atoms with Crippen molar-refractivity contribution < 1.29 is 9.59 Å². The Labute approximate surface area is 190 Å². The van der Waals surface area contributed by atoms with Crippen molar-refractivity contribution in [1.82, 2.24) is 19.8 Å². The van der Waals surface area contributed by atoms with E-state index in [2.05, 4.69) is 21.8 Å². The number of carbonyl (C=O) groups is 2. The zero-order chi connectivity index (χ0) is 21.8. The van der Waals surface area contributed by atoms with E-state index in [1.165, 1.54) is 11.3 Å². The van der Waals surface area contributed by atoms with Crippen LogP contribution >= 0.6 is 22.9 Å². The molecule has 2 aromatic heterocycles. The Morgan fingerprint density at radius 2 is 2.06 bits per heavy atom. The number of thiazole rings is 1. The second-order valence-electron chi connectivity index (χ2n) is 7.71. The third-order valence-corrected chi connectivity index (χ3v) is 6.33. The highest BCUT2D eigenvalue weighted by Crippen LogP contribution is 2.21. The predicted molar refractivity (Wildman–Crippen MR) is 123 cm³/mol. The molecule has 0 aliphatic heterocycles. The SMILES string of the molecule is CCCN(Cc1cccn1Cc1nc(C(=O)NC2CC2)cs1)C(=O)c1ccccc1Cl. The van der Waals surface area contributed by atoms with Gasteiger partial charge in [0.1, 0.15) is 10.7 Å². The highest BCUT2D eigenvalue weighted by Gasteiger charge is 2.25. The lowest BCUT2D eigenvalue weighted by atomic mass is 10.2. The Kier molecular flexibility index (Phi) is 6.73. The summed E-state index contributed by atoms with van der Waals surface area (Å²) in [6.07, 6.45) is 4.93. The molecule has 0 unspecified atom stereocenters. The normalized spacial score (nSPS) is 13.2. The first-order valence-corrected chi connectivity index (χ1v) is 11.7. The van der Waals surface area contributed by atoms with E-state index in [1.54, 1.807) is 17.5 Å². The summed E-state index contributed by atoms with van der Waals surface area (Å²) in [5.74, 6) is -0.175. The van der Waals surface area contributed by atoms with Crippen molar-refractivity contribution in [3.8, 4) is 0 Å². The maximum Gasteiger partial charge on any atom is 0.270 e. The number of nitrogens with zero attached hydrogens (tertiary/aromatic N) is 3. The number of hydrogen-bond donors (Lipinski definition) is 1. The molecule has 0 atom stereocenters. The molecule has 2 amide bonds. The number of nitrogens with one attached hydrogen (secondary N) is 1. The van der Waals surface area contributed by atoms with Gasteiger partial charge >= 0.3 is 0 Å². The van der Waals surface area contributed by atoms with Crippen molar-refractivity contribution in [2.75, 3.05) is 6.54 Å². The van der Waals surface area contributed by atoms with E-state index in [9.17, 15) is 9.59 Å². The number of halogens is 1. The van der Waals surface area contributed by atoms with Crippen LogP contribution in [0.25, 0.3) is 0 Å². The summed E-state index contributed by atoms with van der Waals surface area (Å²) in [6, 6.07) is 11.4. The van der Waals surface area contributed by atoms with E-state index < -0.39 is 0 Å². The van der Waals surface area contributed by atoms with Gasteiger partial charge in [0.25, 0.3) is 11.8 Å². The van der Waals surface area contributed by atoms with E-state index >= 15 is 0 Å².